The van der Waals surface area contributed by atoms with E-state index < -0.39 is 5.97 Å². The SMILES string of the molecule is O=C([O-])CCC(=O)c1ccc2c(c1)CCN2CC[NH+]1CCCC1. The molecule has 0 bridgehead atoms. The lowest BCUT2D eigenvalue weighted by Gasteiger charge is -2.21. The highest BCUT2D eigenvalue weighted by atomic mass is 16.4. The van der Waals surface area contributed by atoms with E-state index in [1.54, 1.807) is 4.90 Å². The molecule has 23 heavy (non-hydrogen) atoms. The zero-order valence-electron chi connectivity index (χ0n) is 13.5. The Hall–Kier alpha value is -1.88. The molecule has 1 saturated heterocycles. The van der Waals surface area contributed by atoms with Crippen molar-refractivity contribution in [2.24, 2.45) is 0 Å². The van der Waals surface area contributed by atoms with Crippen LogP contribution in [-0.2, 0) is 11.2 Å². The second-order valence-electron chi connectivity index (χ2n) is 6.58. The highest BCUT2D eigenvalue weighted by Gasteiger charge is 2.22. The Kier molecular flexibility index (Phi) is 4.96. The van der Waals surface area contributed by atoms with Crippen LogP contribution in [0, 0.1) is 0 Å². The average Bonchev–Trinajstić information content (AvgIpc) is 3.19. The van der Waals surface area contributed by atoms with E-state index in [-0.39, 0.29) is 18.6 Å². The second-order valence-corrected chi connectivity index (χ2v) is 6.58. The number of carbonyl (C=O) groups excluding carboxylic acids is 2. The van der Waals surface area contributed by atoms with Crippen LogP contribution in [0.4, 0.5) is 5.69 Å². The Bertz CT molecular complexity index is 594. The summed E-state index contributed by atoms with van der Waals surface area (Å²) >= 11 is 0. The minimum Gasteiger partial charge on any atom is -0.550 e. The Morgan fingerprint density at radius 2 is 1.96 bits per heavy atom. The highest BCUT2D eigenvalue weighted by molar-refractivity contribution is 5.98. The molecule has 0 unspecified atom stereocenters. The molecule has 1 aromatic carbocycles. The molecule has 0 aliphatic carbocycles. The van der Waals surface area contributed by atoms with Crippen molar-refractivity contribution in [2.45, 2.75) is 32.1 Å². The van der Waals surface area contributed by atoms with E-state index in [4.69, 9.17) is 0 Å². The van der Waals surface area contributed by atoms with E-state index in [9.17, 15) is 14.7 Å². The number of carboxylic acids is 1. The predicted octanol–water partition coefficient (Wildman–Crippen LogP) is -0.559. The number of hydrogen-bond donors (Lipinski definition) is 1. The van der Waals surface area contributed by atoms with Gasteiger partial charge in [0, 0.05) is 43.0 Å². The summed E-state index contributed by atoms with van der Waals surface area (Å²) < 4.78 is 0. The first-order chi connectivity index (χ1) is 11.1. The molecule has 0 saturated carbocycles. The number of quaternary nitrogens is 1. The molecule has 0 aromatic heterocycles. The lowest BCUT2D eigenvalue weighted by atomic mass is 10.0. The topological polar surface area (TPSA) is 64.9 Å². The van der Waals surface area contributed by atoms with Gasteiger partial charge in [0.1, 0.15) is 0 Å². The summed E-state index contributed by atoms with van der Waals surface area (Å²) in [6, 6.07) is 5.79. The van der Waals surface area contributed by atoms with Crippen LogP contribution in [0.1, 0.15) is 41.6 Å². The summed E-state index contributed by atoms with van der Waals surface area (Å²) in [5.74, 6) is -1.29. The summed E-state index contributed by atoms with van der Waals surface area (Å²) in [6.07, 6.45) is 3.47. The number of carbonyl (C=O) groups is 2. The van der Waals surface area contributed by atoms with Crippen molar-refractivity contribution in [2.75, 3.05) is 37.6 Å². The van der Waals surface area contributed by atoms with Gasteiger partial charge in [-0.2, -0.15) is 0 Å². The van der Waals surface area contributed by atoms with Gasteiger partial charge in [-0.25, -0.2) is 0 Å². The Morgan fingerprint density at radius 3 is 2.70 bits per heavy atom. The lowest BCUT2D eigenvalue weighted by molar-refractivity contribution is -0.885. The molecular formula is C18H24N2O3. The van der Waals surface area contributed by atoms with Gasteiger partial charge in [-0.15, -0.1) is 0 Å². The van der Waals surface area contributed by atoms with Crippen LogP contribution in [-0.4, -0.2) is 44.5 Å². The van der Waals surface area contributed by atoms with E-state index in [1.807, 2.05) is 18.2 Å². The van der Waals surface area contributed by atoms with Crippen molar-refractivity contribution in [3.63, 3.8) is 0 Å². The first kappa shape index (κ1) is 16.0. The normalized spacial score (nSPS) is 17.5. The number of benzene rings is 1. The number of nitrogens with zero attached hydrogens (tertiary/aromatic N) is 1. The maximum Gasteiger partial charge on any atom is 0.163 e. The number of fused-ring (bicyclic) bond motifs is 1. The molecule has 5 nitrogen and oxygen atoms in total. The number of anilines is 1. The van der Waals surface area contributed by atoms with Crippen LogP contribution in [0.3, 0.4) is 0 Å². The zero-order valence-corrected chi connectivity index (χ0v) is 13.5. The minimum atomic E-state index is -1.17. The molecule has 0 radical (unpaired) electrons. The number of rotatable bonds is 7. The summed E-state index contributed by atoms with van der Waals surface area (Å²) in [7, 11) is 0. The number of hydrogen-bond acceptors (Lipinski definition) is 4. The van der Waals surface area contributed by atoms with Crippen molar-refractivity contribution >= 4 is 17.4 Å². The molecule has 1 fully saturated rings. The standard InChI is InChI=1S/C18H24N2O3/c21-17(5-6-18(22)23)15-3-4-16-14(13-15)7-10-20(16)12-11-19-8-1-2-9-19/h3-4,13H,1-2,5-12H2,(H,22,23). The lowest BCUT2D eigenvalue weighted by Crippen LogP contribution is -3.10. The molecule has 2 aliphatic rings. The number of Topliss-reactive ketones (excluding diaryl/α,β-unsaturated/α-hetero) is 1. The van der Waals surface area contributed by atoms with Gasteiger partial charge in [0.05, 0.1) is 26.2 Å². The van der Waals surface area contributed by atoms with Crippen LogP contribution in [0.15, 0.2) is 18.2 Å². The highest BCUT2D eigenvalue weighted by Crippen LogP contribution is 2.28. The van der Waals surface area contributed by atoms with Gasteiger partial charge >= 0.3 is 0 Å². The van der Waals surface area contributed by atoms with E-state index in [0.29, 0.717) is 5.56 Å². The summed E-state index contributed by atoms with van der Waals surface area (Å²) in [5.41, 5.74) is 3.07. The maximum absolute atomic E-state index is 12.0. The molecule has 0 amide bonds. The minimum absolute atomic E-state index is 0.0170. The van der Waals surface area contributed by atoms with Gasteiger partial charge < -0.3 is 19.7 Å². The fourth-order valence-electron chi connectivity index (χ4n) is 3.65. The quantitative estimate of drug-likeness (QED) is 0.685. The Labute approximate surface area is 136 Å². The molecule has 0 spiro atoms. The molecule has 5 heteroatoms. The van der Waals surface area contributed by atoms with Gasteiger partial charge in [0.15, 0.2) is 5.78 Å². The second kappa shape index (κ2) is 7.13. The summed E-state index contributed by atoms with van der Waals surface area (Å²) in [4.78, 5) is 26.6. The molecule has 0 atom stereocenters. The van der Waals surface area contributed by atoms with E-state index >= 15 is 0 Å². The van der Waals surface area contributed by atoms with Crippen LogP contribution in [0.2, 0.25) is 0 Å². The molecule has 2 aliphatic heterocycles. The third kappa shape index (κ3) is 3.91. The fraction of sp³-hybridized carbons (Fsp3) is 0.556. The molecule has 1 N–H and O–H groups in total. The molecule has 2 heterocycles. The Balaban J connectivity index is 1.60. The van der Waals surface area contributed by atoms with Crippen molar-refractivity contribution in [3.05, 3.63) is 29.3 Å². The van der Waals surface area contributed by atoms with Crippen LogP contribution in [0.5, 0.6) is 0 Å². The number of nitrogens with one attached hydrogen (secondary N) is 1. The number of ketones is 1. The maximum atomic E-state index is 12.0. The summed E-state index contributed by atoms with van der Waals surface area (Å²) in [6.45, 7) is 5.87. The third-order valence-electron chi connectivity index (χ3n) is 5.00. The monoisotopic (exact) mass is 316 g/mol. The first-order valence-electron chi connectivity index (χ1n) is 8.58. The van der Waals surface area contributed by atoms with Gasteiger partial charge in [0.2, 0.25) is 0 Å². The van der Waals surface area contributed by atoms with E-state index in [1.165, 1.54) is 43.7 Å². The van der Waals surface area contributed by atoms with Crippen LogP contribution < -0.4 is 14.9 Å². The van der Waals surface area contributed by atoms with E-state index in [2.05, 4.69) is 4.90 Å². The predicted molar refractivity (Wildman–Crippen MR) is 85.7 cm³/mol. The fourth-order valence-corrected chi connectivity index (χ4v) is 3.65. The van der Waals surface area contributed by atoms with Gasteiger partial charge in [-0.05, 0) is 36.6 Å². The van der Waals surface area contributed by atoms with Crippen molar-refractivity contribution in [3.8, 4) is 0 Å². The van der Waals surface area contributed by atoms with Gasteiger partial charge in [-0.3, -0.25) is 4.79 Å². The number of carboxylic acid groups (broad SMARTS) is 1. The van der Waals surface area contributed by atoms with Crippen molar-refractivity contribution in [1.82, 2.24) is 0 Å². The van der Waals surface area contributed by atoms with Crippen LogP contribution in [0.25, 0.3) is 0 Å². The Morgan fingerprint density at radius 1 is 1.17 bits per heavy atom. The smallest absolute Gasteiger partial charge is 0.163 e. The van der Waals surface area contributed by atoms with E-state index in [0.717, 1.165) is 19.5 Å². The van der Waals surface area contributed by atoms with Crippen molar-refractivity contribution in [1.29, 1.82) is 0 Å². The largest absolute Gasteiger partial charge is 0.550 e. The zero-order chi connectivity index (χ0) is 16.2. The third-order valence-corrected chi connectivity index (χ3v) is 5.00. The number of aliphatic carboxylic acids is 1. The molecule has 3 rings (SSSR count). The average molecular weight is 316 g/mol. The van der Waals surface area contributed by atoms with Gasteiger partial charge in [-0.1, -0.05) is 0 Å². The first-order valence-corrected chi connectivity index (χ1v) is 8.58. The molecule has 1 aromatic rings. The van der Waals surface area contributed by atoms with Crippen molar-refractivity contribution < 1.29 is 19.6 Å². The summed E-state index contributed by atoms with van der Waals surface area (Å²) in [5, 5.41) is 10.5. The number of likely N-dealkylation sites (tertiary alicyclic amines) is 1. The van der Waals surface area contributed by atoms with Gasteiger partial charge in [0.25, 0.3) is 0 Å². The molecule has 124 valence electrons. The van der Waals surface area contributed by atoms with Crippen LogP contribution >= 0.6 is 0 Å². The molecular weight excluding hydrogens is 292 g/mol.